The molecule has 1 saturated heterocycles. The first-order valence-electron chi connectivity index (χ1n) is 9.44. The van der Waals surface area contributed by atoms with E-state index in [0.29, 0.717) is 17.3 Å². The Hall–Kier alpha value is -3.44. The van der Waals surface area contributed by atoms with Crippen molar-refractivity contribution in [2.75, 3.05) is 6.61 Å². The topological polar surface area (TPSA) is 116 Å². The minimum absolute atomic E-state index is 0.0235. The highest BCUT2D eigenvalue weighted by Gasteiger charge is 2.36. The molecular formula is C21H16ClFN2O7S. The summed E-state index contributed by atoms with van der Waals surface area (Å²) in [5.74, 6) is -2.37. The summed E-state index contributed by atoms with van der Waals surface area (Å²) in [7, 11) is 0. The number of nitro groups is 1. The summed E-state index contributed by atoms with van der Waals surface area (Å²) in [5.41, 5.74) is -0.189. The van der Waals surface area contributed by atoms with Crippen LogP contribution < -0.4 is 9.47 Å². The van der Waals surface area contributed by atoms with Gasteiger partial charge >= 0.3 is 11.7 Å². The summed E-state index contributed by atoms with van der Waals surface area (Å²) < 4.78 is 23.6. The Labute approximate surface area is 196 Å². The standard InChI is InChI=1S/C21H16ClFN2O7S/c1-3-31-19-16(32-11(2)26)7-5-12(18(19)25(29)30)8-17-20(27)24(21(28)33-17)10-13-4-6-14(23)9-15(13)22/h4-9H,3,10H2,1-2H3/b17-8-. The van der Waals surface area contributed by atoms with Crippen molar-refractivity contribution in [2.24, 2.45) is 0 Å². The average Bonchev–Trinajstić information content (AvgIpc) is 2.98. The SMILES string of the molecule is CCOc1c(OC(C)=O)ccc(/C=C2\SC(=O)N(Cc3ccc(F)cc3Cl)C2=O)c1[N+](=O)[O-]. The third-order valence-electron chi connectivity index (χ3n) is 4.36. The summed E-state index contributed by atoms with van der Waals surface area (Å²) in [6.45, 7) is 2.59. The van der Waals surface area contributed by atoms with E-state index in [9.17, 15) is 28.9 Å². The van der Waals surface area contributed by atoms with E-state index in [0.717, 1.165) is 24.0 Å². The van der Waals surface area contributed by atoms with Gasteiger partial charge in [0.25, 0.3) is 11.1 Å². The van der Waals surface area contributed by atoms with Gasteiger partial charge in [-0.05, 0) is 54.6 Å². The molecule has 12 heteroatoms. The predicted octanol–water partition coefficient (Wildman–Crippen LogP) is 4.95. The zero-order valence-electron chi connectivity index (χ0n) is 17.3. The Morgan fingerprint density at radius 1 is 1.30 bits per heavy atom. The molecule has 1 fully saturated rings. The first-order chi connectivity index (χ1) is 15.6. The molecule has 3 rings (SSSR count). The molecule has 1 aliphatic heterocycles. The van der Waals surface area contributed by atoms with E-state index in [4.69, 9.17) is 21.1 Å². The van der Waals surface area contributed by atoms with Crippen LogP contribution in [-0.2, 0) is 16.1 Å². The number of rotatable bonds is 7. The second-order valence-corrected chi connectivity index (χ2v) is 8.02. The highest BCUT2D eigenvalue weighted by atomic mass is 35.5. The van der Waals surface area contributed by atoms with Gasteiger partial charge in [0.05, 0.1) is 28.5 Å². The number of nitro benzene ring substituents is 1. The molecule has 1 heterocycles. The number of carbonyl (C=O) groups excluding carboxylic acids is 3. The molecular weight excluding hydrogens is 479 g/mol. The zero-order chi connectivity index (χ0) is 24.3. The van der Waals surface area contributed by atoms with Crippen LogP contribution in [0.15, 0.2) is 35.2 Å². The number of hydrogen-bond donors (Lipinski definition) is 0. The third kappa shape index (κ3) is 5.32. The van der Waals surface area contributed by atoms with Crippen molar-refractivity contribution in [3.05, 3.63) is 67.3 Å². The van der Waals surface area contributed by atoms with Crippen LogP contribution in [0.1, 0.15) is 25.0 Å². The lowest BCUT2D eigenvalue weighted by Gasteiger charge is -2.13. The van der Waals surface area contributed by atoms with Crippen LogP contribution in [0.3, 0.4) is 0 Å². The number of halogens is 2. The van der Waals surface area contributed by atoms with Gasteiger partial charge in [-0.3, -0.25) is 29.4 Å². The fraction of sp³-hybridized carbons (Fsp3) is 0.190. The molecule has 0 bridgehead atoms. The molecule has 2 amide bonds. The first-order valence-corrected chi connectivity index (χ1v) is 10.6. The third-order valence-corrected chi connectivity index (χ3v) is 5.61. The van der Waals surface area contributed by atoms with Crippen molar-refractivity contribution in [1.29, 1.82) is 0 Å². The van der Waals surface area contributed by atoms with Crippen LogP contribution in [0.4, 0.5) is 14.9 Å². The van der Waals surface area contributed by atoms with Crippen LogP contribution in [0, 0.1) is 15.9 Å². The number of ether oxygens (including phenoxy) is 2. The van der Waals surface area contributed by atoms with E-state index in [1.807, 2.05) is 0 Å². The molecule has 9 nitrogen and oxygen atoms in total. The maximum absolute atomic E-state index is 13.3. The Morgan fingerprint density at radius 2 is 2.03 bits per heavy atom. The van der Waals surface area contributed by atoms with Crippen molar-refractivity contribution in [2.45, 2.75) is 20.4 Å². The monoisotopic (exact) mass is 494 g/mol. The number of nitrogens with zero attached hydrogens (tertiary/aromatic N) is 2. The van der Waals surface area contributed by atoms with Gasteiger partial charge in [-0.15, -0.1) is 0 Å². The van der Waals surface area contributed by atoms with Gasteiger partial charge in [-0.2, -0.15) is 0 Å². The van der Waals surface area contributed by atoms with Crippen molar-refractivity contribution < 1.29 is 33.2 Å². The molecule has 0 N–H and O–H groups in total. The molecule has 2 aromatic rings. The number of esters is 1. The van der Waals surface area contributed by atoms with E-state index in [-0.39, 0.29) is 40.1 Å². The number of amides is 2. The Morgan fingerprint density at radius 3 is 2.64 bits per heavy atom. The number of benzene rings is 2. The number of thioether (sulfide) groups is 1. The molecule has 0 unspecified atom stereocenters. The molecule has 0 atom stereocenters. The van der Waals surface area contributed by atoms with Crippen LogP contribution >= 0.6 is 23.4 Å². The molecule has 2 aromatic carbocycles. The van der Waals surface area contributed by atoms with E-state index < -0.39 is 33.5 Å². The van der Waals surface area contributed by atoms with Crippen molar-refractivity contribution >= 4 is 52.2 Å². The van der Waals surface area contributed by atoms with E-state index in [1.54, 1.807) is 6.92 Å². The zero-order valence-corrected chi connectivity index (χ0v) is 18.9. The highest BCUT2D eigenvalue weighted by Crippen LogP contribution is 2.43. The molecule has 0 aliphatic carbocycles. The molecule has 172 valence electrons. The molecule has 33 heavy (non-hydrogen) atoms. The quantitative estimate of drug-likeness (QED) is 0.174. The van der Waals surface area contributed by atoms with E-state index >= 15 is 0 Å². The lowest BCUT2D eigenvalue weighted by molar-refractivity contribution is -0.386. The predicted molar refractivity (Wildman–Crippen MR) is 118 cm³/mol. The van der Waals surface area contributed by atoms with Crippen molar-refractivity contribution in [3.8, 4) is 11.5 Å². The largest absolute Gasteiger partial charge is 0.485 e. The summed E-state index contributed by atoms with van der Waals surface area (Å²) in [5, 5.41) is 11.2. The van der Waals surface area contributed by atoms with Gasteiger partial charge in [-0.25, -0.2) is 4.39 Å². The molecule has 0 spiro atoms. The van der Waals surface area contributed by atoms with Gasteiger partial charge in [-0.1, -0.05) is 17.7 Å². The Kier molecular flexibility index (Phi) is 7.34. The second-order valence-electron chi connectivity index (χ2n) is 6.62. The Balaban J connectivity index is 1.99. The molecule has 0 radical (unpaired) electrons. The summed E-state index contributed by atoms with van der Waals surface area (Å²) in [4.78, 5) is 48.5. The van der Waals surface area contributed by atoms with Crippen LogP contribution in [0.5, 0.6) is 11.5 Å². The lowest BCUT2D eigenvalue weighted by Crippen LogP contribution is -2.27. The highest BCUT2D eigenvalue weighted by molar-refractivity contribution is 8.18. The fourth-order valence-electron chi connectivity index (χ4n) is 2.99. The van der Waals surface area contributed by atoms with Gasteiger partial charge in [0, 0.05) is 11.9 Å². The van der Waals surface area contributed by atoms with Crippen molar-refractivity contribution in [3.63, 3.8) is 0 Å². The summed E-state index contributed by atoms with van der Waals surface area (Å²) in [6.07, 6.45) is 1.19. The van der Waals surface area contributed by atoms with Crippen LogP contribution in [0.25, 0.3) is 6.08 Å². The smallest absolute Gasteiger partial charge is 0.322 e. The number of hydrogen-bond acceptors (Lipinski definition) is 8. The van der Waals surface area contributed by atoms with Gasteiger partial charge < -0.3 is 9.47 Å². The number of imide groups is 1. The lowest BCUT2D eigenvalue weighted by atomic mass is 10.1. The van der Waals surface area contributed by atoms with Crippen LogP contribution in [0.2, 0.25) is 5.02 Å². The maximum Gasteiger partial charge on any atom is 0.322 e. The normalized spacial score (nSPS) is 14.7. The second kappa shape index (κ2) is 10.0. The fourth-order valence-corrected chi connectivity index (χ4v) is 4.05. The molecule has 1 aliphatic rings. The maximum atomic E-state index is 13.3. The van der Waals surface area contributed by atoms with Crippen molar-refractivity contribution in [1.82, 2.24) is 4.90 Å². The summed E-state index contributed by atoms with van der Waals surface area (Å²) in [6, 6.07) is 6.16. The Bertz CT molecular complexity index is 1200. The molecule has 0 aromatic heterocycles. The summed E-state index contributed by atoms with van der Waals surface area (Å²) >= 11 is 6.58. The van der Waals surface area contributed by atoms with Gasteiger partial charge in [0.1, 0.15) is 5.82 Å². The number of carbonyl (C=O) groups is 3. The van der Waals surface area contributed by atoms with Crippen LogP contribution in [-0.4, -0.2) is 33.5 Å². The molecule has 0 saturated carbocycles. The van der Waals surface area contributed by atoms with E-state index in [2.05, 4.69) is 0 Å². The van der Waals surface area contributed by atoms with Gasteiger partial charge in [0.15, 0.2) is 5.75 Å². The minimum atomic E-state index is -0.730. The van der Waals surface area contributed by atoms with E-state index in [1.165, 1.54) is 24.3 Å². The van der Waals surface area contributed by atoms with Gasteiger partial charge in [0.2, 0.25) is 5.75 Å². The first kappa shape index (κ1) is 24.2. The average molecular weight is 495 g/mol. The minimum Gasteiger partial charge on any atom is -0.485 e.